The number of ether oxygens (including phenoxy) is 6. The molecular formula is C30H38N4O9. The van der Waals surface area contributed by atoms with Crippen LogP contribution in [0, 0.1) is 10.1 Å². The summed E-state index contributed by atoms with van der Waals surface area (Å²) in [5.41, 5.74) is 0. The number of hydrogen-bond acceptors (Lipinski definition) is 12. The van der Waals surface area contributed by atoms with Gasteiger partial charge in [-0.25, -0.2) is 0 Å². The molecule has 1 atom stereocenters. The van der Waals surface area contributed by atoms with Gasteiger partial charge >= 0.3 is 5.79 Å². The first-order valence-corrected chi connectivity index (χ1v) is 14.4. The minimum absolute atomic E-state index is 0.193. The monoisotopic (exact) mass is 598 g/mol. The van der Waals surface area contributed by atoms with Crippen LogP contribution >= 0.6 is 0 Å². The van der Waals surface area contributed by atoms with Crippen LogP contribution in [0.5, 0.6) is 34.5 Å². The Hall–Kier alpha value is -4.10. The van der Waals surface area contributed by atoms with Crippen molar-refractivity contribution in [2.45, 2.75) is 70.4 Å². The number of hydrogen-bond donors (Lipinski definition) is 1. The number of nitrogens with zero attached hydrogens (tertiary/aromatic N) is 4. The van der Waals surface area contributed by atoms with Gasteiger partial charge in [-0.15, -0.1) is 0 Å². The maximum Gasteiger partial charge on any atom is 0.414 e. The molecular weight excluding hydrogens is 560 g/mol. The zero-order valence-electron chi connectivity index (χ0n) is 24.9. The van der Waals surface area contributed by atoms with Crippen molar-refractivity contribution in [1.82, 2.24) is 4.90 Å². The van der Waals surface area contributed by atoms with Crippen LogP contribution in [0.1, 0.15) is 47.0 Å². The third-order valence-electron chi connectivity index (χ3n) is 6.95. The maximum atomic E-state index is 11.7. The SMILES string of the molecule is CC1(C)Oc2cccc(OCCCN(CCCOc3cccc4c3OC(C)(C)O4)CC(O)CC3([N+](=O)[O-])N=CC=N3)c2O1. The van der Waals surface area contributed by atoms with Gasteiger partial charge in [-0.3, -0.25) is 10.1 Å². The van der Waals surface area contributed by atoms with Crippen LogP contribution < -0.4 is 28.4 Å². The van der Waals surface area contributed by atoms with Crippen molar-refractivity contribution in [3.8, 4) is 34.5 Å². The van der Waals surface area contributed by atoms with E-state index in [0.29, 0.717) is 73.6 Å². The van der Waals surface area contributed by atoms with Crippen molar-refractivity contribution < 1.29 is 38.5 Å². The highest BCUT2D eigenvalue weighted by Crippen LogP contribution is 2.46. The highest BCUT2D eigenvalue weighted by molar-refractivity contribution is 6.17. The van der Waals surface area contributed by atoms with Crippen molar-refractivity contribution in [3.63, 3.8) is 0 Å². The predicted molar refractivity (Wildman–Crippen MR) is 158 cm³/mol. The molecule has 0 amide bonds. The van der Waals surface area contributed by atoms with Gasteiger partial charge in [0.1, 0.15) is 0 Å². The van der Waals surface area contributed by atoms with Gasteiger partial charge in [0.25, 0.3) is 0 Å². The number of nitro groups is 1. The summed E-state index contributed by atoms with van der Waals surface area (Å²) in [5, 5.41) is 22.5. The highest BCUT2D eigenvalue weighted by Gasteiger charge is 2.45. The van der Waals surface area contributed by atoms with E-state index in [9.17, 15) is 15.2 Å². The Morgan fingerprint density at radius 1 is 0.860 bits per heavy atom. The van der Waals surface area contributed by atoms with E-state index in [1.807, 2.05) is 69.0 Å². The molecule has 0 aliphatic carbocycles. The predicted octanol–water partition coefficient (Wildman–Crippen LogP) is 4.08. The van der Waals surface area contributed by atoms with Crippen LogP contribution in [-0.4, -0.2) is 83.7 Å². The third-order valence-corrected chi connectivity index (χ3v) is 6.95. The normalized spacial score (nSPS) is 18.7. The molecule has 43 heavy (non-hydrogen) atoms. The van der Waals surface area contributed by atoms with Crippen LogP contribution in [0.4, 0.5) is 0 Å². The average molecular weight is 599 g/mol. The van der Waals surface area contributed by atoms with Gasteiger partial charge in [-0.2, -0.15) is 9.98 Å². The van der Waals surface area contributed by atoms with E-state index in [2.05, 4.69) is 9.98 Å². The highest BCUT2D eigenvalue weighted by atomic mass is 16.7. The van der Waals surface area contributed by atoms with Gasteiger partial charge < -0.3 is 38.4 Å². The molecule has 3 heterocycles. The Morgan fingerprint density at radius 2 is 1.35 bits per heavy atom. The van der Waals surface area contributed by atoms with Gasteiger partial charge in [-0.05, 0) is 37.1 Å². The summed E-state index contributed by atoms with van der Waals surface area (Å²) < 4.78 is 35.4. The molecule has 0 aromatic heterocycles. The van der Waals surface area contributed by atoms with E-state index in [1.165, 1.54) is 12.4 Å². The summed E-state index contributed by atoms with van der Waals surface area (Å²) >= 11 is 0. The Morgan fingerprint density at radius 3 is 1.81 bits per heavy atom. The lowest BCUT2D eigenvalue weighted by Gasteiger charge is -2.26. The second-order valence-corrected chi connectivity index (χ2v) is 11.5. The first-order valence-electron chi connectivity index (χ1n) is 14.4. The minimum atomic E-state index is -1.88. The summed E-state index contributed by atoms with van der Waals surface area (Å²) in [4.78, 5) is 20.9. The van der Waals surface area contributed by atoms with Crippen molar-refractivity contribution in [2.24, 2.45) is 9.98 Å². The van der Waals surface area contributed by atoms with Crippen molar-refractivity contribution in [1.29, 1.82) is 0 Å². The number of fused-ring (bicyclic) bond motifs is 2. The van der Waals surface area contributed by atoms with Crippen molar-refractivity contribution >= 4 is 12.4 Å². The van der Waals surface area contributed by atoms with Crippen LogP contribution in [0.15, 0.2) is 46.4 Å². The van der Waals surface area contributed by atoms with Crippen LogP contribution in [-0.2, 0) is 0 Å². The Bertz CT molecular complexity index is 1290. The summed E-state index contributed by atoms with van der Waals surface area (Å²) in [7, 11) is 0. The molecule has 0 fully saturated rings. The van der Waals surface area contributed by atoms with Crippen molar-refractivity contribution in [3.05, 3.63) is 46.5 Å². The van der Waals surface area contributed by atoms with E-state index in [4.69, 9.17) is 28.4 Å². The average Bonchev–Trinajstić information content (AvgIpc) is 3.62. The number of benzene rings is 2. The Labute approximate surface area is 250 Å². The van der Waals surface area contributed by atoms with Crippen molar-refractivity contribution in [2.75, 3.05) is 32.8 Å². The summed E-state index contributed by atoms with van der Waals surface area (Å²) in [5.74, 6) is 0.193. The van der Waals surface area contributed by atoms with E-state index in [0.717, 1.165) is 0 Å². The molecule has 2 aromatic carbocycles. The standard InChI is InChI=1S/C30H38N4O9/c1-28(2)40-24-11-5-9-22(26(24)42-28)38-17-7-15-33(20-21(35)19-30(34(36)37)31-13-14-32-30)16-8-18-39-23-10-6-12-25-27(23)43-29(3,4)41-25/h5-6,9-14,21,35H,7-8,15-20H2,1-4H3. The van der Waals surface area contributed by atoms with E-state index in [1.54, 1.807) is 0 Å². The molecule has 13 heteroatoms. The number of aliphatic hydroxyl groups excluding tert-OH is 1. The molecule has 0 radical (unpaired) electrons. The molecule has 0 saturated carbocycles. The quantitative estimate of drug-likeness (QED) is 0.181. The van der Waals surface area contributed by atoms with Gasteiger partial charge in [-0.1, -0.05) is 12.1 Å². The second kappa shape index (κ2) is 12.3. The van der Waals surface area contributed by atoms with Crippen LogP contribution in [0.3, 0.4) is 0 Å². The molecule has 0 saturated heterocycles. The van der Waals surface area contributed by atoms with E-state index < -0.39 is 28.4 Å². The van der Waals surface area contributed by atoms with Gasteiger partial charge in [0.15, 0.2) is 23.0 Å². The fourth-order valence-corrected chi connectivity index (χ4v) is 5.17. The smallest absolute Gasteiger partial charge is 0.414 e. The Kier molecular flexibility index (Phi) is 8.65. The van der Waals surface area contributed by atoms with Gasteiger partial charge in [0, 0.05) is 59.8 Å². The Balaban J connectivity index is 1.16. The molecule has 5 rings (SSSR count). The number of aliphatic hydroxyl groups is 1. The fraction of sp³-hybridized carbons (Fsp3) is 0.533. The first kappa shape index (κ1) is 30.4. The molecule has 1 N–H and O–H groups in total. The molecule has 2 aromatic rings. The second-order valence-electron chi connectivity index (χ2n) is 11.5. The molecule has 3 aliphatic rings. The molecule has 232 valence electrons. The molecule has 0 bridgehead atoms. The third kappa shape index (κ3) is 7.28. The van der Waals surface area contributed by atoms with Gasteiger partial charge in [0.05, 0.1) is 30.7 Å². The molecule has 1 unspecified atom stereocenters. The summed E-state index contributed by atoms with van der Waals surface area (Å²) in [6, 6.07) is 11.0. The summed E-state index contributed by atoms with van der Waals surface area (Å²) in [6.45, 7) is 9.45. The number of para-hydroxylation sites is 2. The first-order chi connectivity index (χ1) is 20.5. The zero-order chi connectivity index (χ0) is 30.7. The molecule has 3 aliphatic heterocycles. The van der Waals surface area contributed by atoms with E-state index in [-0.39, 0.29) is 13.0 Å². The number of aliphatic imine (C=N–C) groups is 2. The van der Waals surface area contributed by atoms with Gasteiger partial charge in [0.2, 0.25) is 23.1 Å². The van der Waals surface area contributed by atoms with Crippen LogP contribution in [0.2, 0.25) is 0 Å². The fourth-order valence-electron chi connectivity index (χ4n) is 5.17. The summed E-state index contributed by atoms with van der Waals surface area (Å²) in [6.07, 6.45) is 2.57. The molecule has 0 spiro atoms. The topological polar surface area (TPSA) is 147 Å². The maximum absolute atomic E-state index is 11.7. The lowest BCUT2D eigenvalue weighted by atomic mass is 10.1. The van der Waals surface area contributed by atoms with Crippen LogP contribution in [0.25, 0.3) is 0 Å². The lowest BCUT2D eigenvalue weighted by Crippen LogP contribution is -2.42. The minimum Gasteiger partial charge on any atom is -0.489 e. The largest absolute Gasteiger partial charge is 0.489 e. The molecule has 13 nitrogen and oxygen atoms in total. The van der Waals surface area contributed by atoms with E-state index >= 15 is 0 Å². The zero-order valence-corrected chi connectivity index (χ0v) is 24.9. The number of rotatable bonds is 15. The lowest BCUT2D eigenvalue weighted by molar-refractivity contribution is -0.568.